The predicted octanol–water partition coefficient (Wildman–Crippen LogP) is 0.907. The van der Waals surface area contributed by atoms with Crippen LogP contribution in [0.25, 0.3) is 0 Å². The van der Waals surface area contributed by atoms with E-state index in [4.69, 9.17) is 4.74 Å². The Morgan fingerprint density at radius 3 is 3.06 bits per heavy atom. The van der Waals surface area contributed by atoms with Crippen molar-refractivity contribution in [2.24, 2.45) is 0 Å². The number of hydrogen-bond acceptors (Lipinski definition) is 4. The van der Waals surface area contributed by atoms with Crippen LogP contribution in [-0.4, -0.2) is 27.9 Å². The Morgan fingerprint density at radius 2 is 2.53 bits per heavy atom. The Hall–Kier alpha value is -1.84. The van der Waals surface area contributed by atoms with Gasteiger partial charge in [-0.3, -0.25) is 4.57 Å². The van der Waals surface area contributed by atoms with E-state index in [0.29, 0.717) is 18.9 Å². The van der Waals surface area contributed by atoms with Crippen LogP contribution in [-0.2, 0) is 0 Å². The van der Waals surface area contributed by atoms with E-state index >= 15 is 0 Å². The van der Waals surface area contributed by atoms with Gasteiger partial charge >= 0.3 is 5.69 Å². The first-order valence-electron chi connectivity index (χ1n) is 5.40. The molecular formula is C12H16N2O3. The minimum atomic E-state index is -0.438. The molecule has 0 saturated heterocycles. The fourth-order valence-corrected chi connectivity index (χ4v) is 1.40. The molecule has 1 atom stereocenters. The highest BCUT2D eigenvalue weighted by Crippen LogP contribution is 2.10. The molecule has 0 amide bonds. The lowest BCUT2D eigenvalue weighted by Crippen LogP contribution is -2.28. The predicted molar refractivity (Wildman–Crippen MR) is 64.1 cm³/mol. The molecule has 17 heavy (non-hydrogen) atoms. The van der Waals surface area contributed by atoms with E-state index in [1.54, 1.807) is 18.3 Å². The molecule has 0 radical (unpaired) electrons. The van der Waals surface area contributed by atoms with Gasteiger partial charge in [0.2, 0.25) is 5.88 Å². The van der Waals surface area contributed by atoms with Crippen molar-refractivity contribution in [3.8, 4) is 5.88 Å². The van der Waals surface area contributed by atoms with Crippen LogP contribution in [0, 0.1) is 0 Å². The number of aliphatic hydroxyl groups excluding tert-OH is 1. The molecule has 0 aliphatic rings. The van der Waals surface area contributed by atoms with Gasteiger partial charge in [0, 0.05) is 12.3 Å². The van der Waals surface area contributed by atoms with Crippen molar-refractivity contribution in [1.82, 2.24) is 9.55 Å². The molecule has 1 rings (SSSR count). The zero-order valence-corrected chi connectivity index (χ0v) is 9.80. The number of aromatic nitrogens is 2. The topological polar surface area (TPSA) is 64.3 Å². The monoisotopic (exact) mass is 236 g/mol. The Bertz CT molecular complexity index is 461. The summed E-state index contributed by atoms with van der Waals surface area (Å²) in [6.07, 6.45) is 3.72. The summed E-state index contributed by atoms with van der Waals surface area (Å²) in [5, 5.41) is 9.22. The zero-order valence-electron chi connectivity index (χ0n) is 9.80. The Balaban J connectivity index is 2.96. The highest BCUT2D eigenvalue weighted by molar-refractivity contribution is 5.06. The normalized spacial score (nSPS) is 11.6. The number of nitrogens with zero attached hydrogens (tertiary/aromatic N) is 2. The Kier molecular flexibility index (Phi) is 5.20. The standard InChI is InChI=1S/C12H16N2O3/c1-3-5-6-10(9-15)14-8-7-11(17-4-2)13-12(14)16/h5,7-8,10,15H,1,4,6,9H2,2H3. The minimum Gasteiger partial charge on any atom is -0.478 e. The van der Waals surface area contributed by atoms with Gasteiger partial charge in [0.05, 0.1) is 19.3 Å². The third-order valence-corrected chi connectivity index (χ3v) is 2.24. The summed E-state index contributed by atoms with van der Waals surface area (Å²) in [5.74, 6) is 0.296. The first kappa shape index (κ1) is 13.2. The van der Waals surface area contributed by atoms with Crippen molar-refractivity contribution in [2.75, 3.05) is 13.2 Å². The molecule has 5 heteroatoms. The van der Waals surface area contributed by atoms with Crippen molar-refractivity contribution in [3.63, 3.8) is 0 Å². The van der Waals surface area contributed by atoms with E-state index in [0.717, 1.165) is 0 Å². The van der Waals surface area contributed by atoms with E-state index in [9.17, 15) is 9.90 Å². The maximum atomic E-state index is 11.7. The van der Waals surface area contributed by atoms with Gasteiger partial charge in [-0.15, -0.1) is 5.73 Å². The third-order valence-electron chi connectivity index (χ3n) is 2.24. The van der Waals surface area contributed by atoms with Crippen molar-refractivity contribution in [3.05, 3.63) is 41.1 Å². The molecular weight excluding hydrogens is 220 g/mol. The molecule has 1 aromatic heterocycles. The molecule has 5 nitrogen and oxygen atoms in total. The average Bonchev–Trinajstić information content (AvgIpc) is 2.32. The molecule has 0 aliphatic heterocycles. The maximum absolute atomic E-state index is 11.7. The minimum absolute atomic E-state index is 0.145. The molecule has 0 aromatic carbocycles. The van der Waals surface area contributed by atoms with E-state index in [-0.39, 0.29) is 12.6 Å². The lowest BCUT2D eigenvalue weighted by molar-refractivity contribution is 0.223. The van der Waals surface area contributed by atoms with Gasteiger partial charge in [0.1, 0.15) is 0 Å². The number of allylic oxidation sites excluding steroid dienone is 1. The zero-order chi connectivity index (χ0) is 12.7. The average molecular weight is 236 g/mol. The summed E-state index contributed by atoms with van der Waals surface area (Å²) in [5.41, 5.74) is 2.17. The number of rotatable bonds is 6. The van der Waals surface area contributed by atoms with Crippen LogP contribution in [0.5, 0.6) is 5.88 Å². The fourth-order valence-electron chi connectivity index (χ4n) is 1.40. The van der Waals surface area contributed by atoms with Crippen LogP contribution < -0.4 is 10.4 Å². The molecule has 0 fully saturated rings. The van der Waals surface area contributed by atoms with Gasteiger partial charge in [-0.05, 0) is 19.4 Å². The fraction of sp³-hybridized carbons (Fsp3) is 0.417. The van der Waals surface area contributed by atoms with Crippen LogP contribution in [0.4, 0.5) is 0 Å². The highest BCUT2D eigenvalue weighted by atomic mass is 16.5. The van der Waals surface area contributed by atoms with Gasteiger partial charge in [-0.1, -0.05) is 6.58 Å². The molecule has 1 N–H and O–H groups in total. The Morgan fingerprint density at radius 1 is 1.76 bits per heavy atom. The van der Waals surface area contributed by atoms with Gasteiger partial charge < -0.3 is 9.84 Å². The first-order valence-corrected chi connectivity index (χ1v) is 5.40. The van der Waals surface area contributed by atoms with E-state index in [1.807, 2.05) is 6.92 Å². The SMILES string of the molecule is C=C=CCC(CO)n1ccc(OCC)nc1=O. The maximum Gasteiger partial charge on any atom is 0.351 e. The van der Waals surface area contributed by atoms with E-state index < -0.39 is 5.69 Å². The molecule has 1 heterocycles. The van der Waals surface area contributed by atoms with Crippen molar-refractivity contribution < 1.29 is 9.84 Å². The number of aliphatic hydroxyl groups is 1. The summed E-state index contributed by atoms with van der Waals surface area (Å²) < 4.78 is 6.49. The highest BCUT2D eigenvalue weighted by Gasteiger charge is 2.11. The Labute approximate surface area is 99.7 Å². The van der Waals surface area contributed by atoms with Gasteiger partial charge in [-0.25, -0.2) is 4.79 Å². The largest absolute Gasteiger partial charge is 0.478 e. The lowest BCUT2D eigenvalue weighted by atomic mass is 10.2. The summed E-state index contributed by atoms with van der Waals surface area (Å²) in [6.45, 7) is 5.57. The molecule has 1 aromatic rings. The molecule has 92 valence electrons. The summed E-state index contributed by atoms with van der Waals surface area (Å²) in [7, 11) is 0. The van der Waals surface area contributed by atoms with Crippen LogP contribution in [0.15, 0.2) is 35.4 Å². The van der Waals surface area contributed by atoms with Crippen LogP contribution in [0.3, 0.4) is 0 Å². The summed E-state index contributed by atoms with van der Waals surface area (Å²) in [6, 6.07) is 1.26. The summed E-state index contributed by atoms with van der Waals surface area (Å²) in [4.78, 5) is 15.5. The second-order valence-electron chi connectivity index (χ2n) is 3.37. The van der Waals surface area contributed by atoms with Crippen LogP contribution >= 0.6 is 0 Å². The summed E-state index contributed by atoms with van der Waals surface area (Å²) >= 11 is 0. The van der Waals surface area contributed by atoms with Gasteiger partial charge in [0.25, 0.3) is 0 Å². The van der Waals surface area contributed by atoms with Crippen molar-refractivity contribution >= 4 is 0 Å². The van der Waals surface area contributed by atoms with Gasteiger partial charge in [0.15, 0.2) is 0 Å². The number of ether oxygens (including phenoxy) is 1. The second-order valence-corrected chi connectivity index (χ2v) is 3.37. The van der Waals surface area contributed by atoms with Crippen LogP contribution in [0.2, 0.25) is 0 Å². The quantitative estimate of drug-likeness (QED) is 0.745. The van der Waals surface area contributed by atoms with E-state index in [1.165, 1.54) is 4.57 Å². The van der Waals surface area contributed by atoms with Crippen molar-refractivity contribution in [2.45, 2.75) is 19.4 Å². The smallest absolute Gasteiger partial charge is 0.351 e. The van der Waals surface area contributed by atoms with E-state index in [2.05, 4.69) is 17.3 Å². The number of hydrogen-bond donors (Lipinski definition) is 1. The second kappa shape index (κ2) is 6.68. The molecule has 0 saturated carbocycles. The molecule has 0 bridgehead atoms. The van der Waals surface area contributed by atoms with Gasteiger partial charge in [-0.2, -0.15) is 4.98 Å². The lowest BCUT2D eigenvalue weighted by Gasteiger charge is -2.14. The third kappa shape index (κ3) is 3.59. The molecule has 0 spiro atoms. The first-order chi connectivity index (χ1) is 8.22. The molecule has 0 aliphatic carbocycles. The molecule has 1 unspecified atom stereocenters. The van der Waals surface area contributed by atoms with Crippen molar-refractivity contribution in [1.29, 1.82) is 0 Å². The van der Waals surface area contributed by atoms with Crippen LogP contribution in [0.1, 0.15) is 19.4 Å².